The summed E-state index contributed by atoms with van der Waals surface area (Å²) >= 11 is 7.37. The van der Waals surface area contributed by atoms with E-state index in [2.05, 4.69) is 20.3 Å². The van der Waals surface area contributed by atoms with Gasteiger partial charge in [-0.25, -0.2) is 0 Å². The summed E-state index contributed by atoms with van der Waals surface area (Å²) in [6, 6.07) is 11.9. The number of para-hydroxylation sites is 1. The summed E-state index contributed by atoms with van der Waals surface area (Å²) in [4.78, 5) is 4.18. The Kier molecular flexibility index (Phi) is 6.38. The lowest BCUT2D eigenvalue weighted by Crippen LogP contribution is -2.04. The Labute approximate surface area is 189 Å². The minimum Gasteiger partial charge on any atom is -0.484 e. The first-order valence-electron chi connectivity index (χ1n) is 9.20. The minimum absolute atomic E-state index is 0.0819. The van der Waals surface area contributed by atoms with Crippen LogP contribution in [0.25, 0.3) is 11.4 Å². The molecule has 2 heterocycles. The fraction of sp³-hybridized carbons (Fsp3) is 0.200. The molecule has 0 unspecified atom stereocenters. The van der Waals surface area contributed by atoms with Crippen molar-refractivity contribution in [2.45, 2.75) is 23.7 Å². The van der Waals surface area contributed by atoms with Crippen LogP contribution in [-0.2, 0) is 25.6 Å². The monoisotopic (exact) mass is 481 g/mol. The zero-order chi connectivity index (χ0) is 22.7. The van der Waals surface area contributed by atoms with Gasteiger partial charge in [0.25, 0.3) is 0 Å². The molecule has 4 aromatic rings. The van der Waals surface area contributed by atoms with Crippen LogP contribution in [-0.4, -0.2) is 24.9 Å². The molecule has 4 rings (SSSR count). The Morgan fingerprint density at radius 3 is 2.72 bits per heavy atom. The average Bonchev–Trinajstić information content (AvgIpc) is 3.38. The van der Waals surface area contributed by atoms with E-state index in [4.69, 9.17) is 20.9 Å². The van der Waals surface area contributed by atoms with Crippen LogP contribution in [0.15, 0.2) is 58.2 Å². The molecule has 0 radical (unpaired) electrons. The van der Waals surface area contributed by atoms with Gasteiger partial charge in [0.2, 0.25) is 11.7 Å². The average molecular weight is 482 g/mol. The number of hydrogen-bond donors (Lipinski definition) is 0. The summed E-state index contributed by atoms with van der Waals surface area (Å²) < 4.78 is 51.3. The molecule has 0 spiro atoms. The normalized spacial score (nSPS) is 11.7. The van der Waals surface area contributed by atoms with Gasteiger partial charge in [0.1, 0.15) is 12.4 Å². The van der Waals surface area contributed by atoms with Crippen LogP contribution in [0, 0.1) is 0 Å². The van der Waals surface area contributed by atoms with Crippen molar-refractivity contribution in [3.05, 3.63) is 70.8 Å². The summed E-state index contributed by atoms with van der Waals surface area (Å²) in [5.41, 5.74) is -0.557. The van der Waals surface area contributed by atoms with Crippen molar-refractivity contribution >= 4 is 23.4 Å². The Morgan fingerprint density at radius 2 is 1.94 bits per heavy atom. The van der Waals surface area contributed by atoms with E-state index in [0.29, 0.717) is 21.8 Å². The van der Waals surface area contributed by atoms with Crippen molar-refractivity contribution in [2.75, 3.05) is 0 Å². The topological polar surface area (TPSA) is 78.9 Å². The summed E-state index contributed by atoms with van der Waals surface area (Å²) in [6.45, 7) is 0.175. The molecule has 0 fully saturated rings. The molecule has 2 aromatic heterocycles. The van der Waals surface area contributed by atoms with Crippen LogP contribution >= 0.6 is 23.4 Å². The van der Waals surface area contributed by atoms with Gasteiger partial charge in [-0.15, -0.1) is 10.2 Å². The predicted octanol–water partition coefficient (Wildman–Crippen LogP) is 5.41. The van der Waals surface area contributed by atoms with Crippen LogP contribution in [0.4, 0.5) is 13.2 Å². The molecular formula is C20H15ClF3N5O2S. The number of ether oxygens (including phenoxy) is 1. The lowest BCUT2D eigenvalue weighted by atomic mass is 10.1. The Bertz CT molecular complexity index is 1230. The van der Waals surface area contributed by atoms with E-state index in [9.17, 15) is 13.2 Å². The second-order valence-corrected chi connectivity index (χ2v) is 7.91. The lowest BCUT2D eigenvalue weighted by Gasteiger charge is -2.07. The number of halogens is 4. The first kappa shape index (κ1) is 22.2. The standard InChI is InChI=1S/C20H15ClF3N5O2S/c1-29-16(10-30-15-8-3-2-7-14(15)21)26-27-19(29)32-11-17-25-18(28-31-17)12-5-4-6-13(9-12)20(22,23)24/h2-9H,10-11H2,1H3. The maximum absolute atomic E-state index is 12.9. The van der Waals surface area contributed by atoms with Gasteiger partial charge < -0.3 is 13.8 Å². The molecular weight excluding hydrogens is 467 g/mol. The molecule has 0 N–H and O–H groups in total. The van der Waals surface area contributed by atoms with Crippen LogP contribution in [0.5, 0.6) is 5.75 Å². The van der Waals surface area contributed by atoms with Gasteiger partial charge in [-0.2, -0.15) is 18.2 Å². The zero-order valence-corrected chi connectivity index (χ0v) is 18.1. The fourth-order valence-corrected chi connectivity index (χ4v) is 3.65. The number of thioether (sulfide) groups is 1. The lowest BCUT2D eigenvalue weighted by molar-refractivity contribution is -0.137. The van der Waals surface area contributed by atoms with E-state index < -0.39 is 11.7 Å². The number of alkyl halides is 3. The van der Waals surface area contributed by atoms with Crippen LogP contribution in [0.3, 0.4) is 0 Å². The minimum atomic E-state index is -4.45. The predicted molar refractivity (Wildman–Crippen MR) is 111 cm³/mol. The van der Waals surface area contributed by atoms with Gasteiger partial charge in [0, 0.05) is 12.6 Å². The van der Waals surface area contributed by atoms with Crippen LogP contribution in [0.1, 0.15) is 17.3 Å². The summed E-state index contributed by atoms with van der Waals surface area (Å²) in [5.74, 6) is 1.73. The molecule has 0 saturated carbocycles. The first-order chi connectivity index (χ1) is 15.3. The quantitative estimate of drug-likeness (QED) is 0.326. The van der Waals surface area contributed by atoms with Crippen molar-refractivity contribution in [3.8, 4) is 17.1 Å². The molecule has 7 nitrogen and oxygen atoms in total. The molecule has 0 saturated heterocycles. The second-order valence-electron chi connectivity index (χ2n) is 6.56. The van der Waals surface area contributed by atoms with Gasteiger partial charge in [0.15, 0.2) is 11.0 Å². The highest BCUT2D eigenvalue weighted by Crippen LogP contribution is 2.32. The molecule has 2 aromatic carbocycles. The molecule has 166 valence electrons. The van der Waals surface area contributed by atoms with Crippen molar-refractivity contribution < 1.29 is 22.4 Å². The van der Waals surface area contributed by atoms with Crippen molar-refractivity contribution in [2.24, 2.45) is 7.05 Å². The van der Waals surface area contributed by atoms with Crippen molar-refractivity contribution in [1.82, 2.24) is 24.9 Å². The highest BCUT2D eigenvalue weighted by molar-refractivity contribution is 7.98. The molecule has 0 aliphatic carbocycles. The molecule has 32 heavy (non-hydrogen) atoms. The molecule has 0 aliphatic rings. The van der Waals surface area contributed by atoms with Gasteiger partial charge in [0.05, 0.1) is 16.3 Å². The number of hydrogen-bond acceptors (Lipinski definition) is 7. The summed E-state index contributed by atoms with van der Waals surface area (Å²) in [6.07, 6.45) is -4.45. The molecule has 0 atom stereocenters. The van der Waals surface area contributed by atoms with Crippen LogP contribution < -0.4 is 4.74 Å². The number of aromatic nitrogens is 5. The third-order valence-electron chi connectivity index (χ3n) is 4.36. The maximum atomic E-state index is 12.9. The third kappa shape index (κ3) is 5.05. The van der Waals surface area contributed by atoms with Gasteiger partial charge in [-0.1, -0.05) is 52.8 Å². The largest absolute Gasteiger partial charge is 0.484 e. The second kappa shape index (κ2) is 9.21. The molecule has 0 bridgehead atoms. The van der Waals surface area contributed by atoms with Crippen LogP contribution in [0.2, 0.25) is 5.02 Å². The third-order valence-corrected chi connectivity index (χ3v) is 5.68. The number of benzene rings is 2. The van der Waals surface area contributed by atoms with E-state index >= 15 is 0 Å². The number of rotatable bonds is 7. The van der Waals surface area contributed by atoms with E-state index in [1.807, 2.05) is 12.1 Å². The fourth-order valence-electron chi connectivity index (χ4n) is 2.69. The Balaban J connectivity index is 1.39. The highest BCUT2D eigenvalue weighted by Gasteiger charge is 2.30. The first-order valence-corrected chi connectivity index (χ1v) is 10.6. The van der Waals surface area contributed by atoms with E-state index in [1.165, 1.54) is 23.9 Å². The van der Waals surface area contributed by atoms with E-state index in [-0.39, 0.29) is 29.6 Å². The van der Waals surface area contributed by atoms with Gasteiger partial charge in [-0.05, 0) is 24.3 Å². The summed E-state index contributed by atoms with van der Waals surface area (Å²) in [5, 5.41) is 13.1. The maximum Gasteiger partial charge on any atom is 0.416 e. The van der Waals surface area contributed by atoms with Gasteiger partial charge in [-0.3, -0.25) is 0 Å². The van der Waals surface area contributed by atoms with Gasteiger partial charge >= 0.3 is 6.18 Å². The Morgan fingerprint density at radius 1 is 1.12 bits per heavy atom. The SMILES string of the molecule is Cn1c(COc2ccccc2Cl)nnc1SCc1nc(-c2cccc(C(F)(F)F)c2)no1. The summed E-state index contributed by atoms with van der Waals surface area (Å²) in [7, 11) is 1.79. The Hall–Kier alpha value is -3.05. The highest BCUT2D eigenvalue weighted by atomic mass is 35.5. The van der Waals surface area contributed by atoms with Crippen molar-refractivity contribution in [3.63, 3.8) is 0 Å². The van der Waals surface area contributed by atoms with E-state index in [0.717, 1.165) is 12.1 Å². The number of nitrogens with zero attached hydrogens (tertiary/aromatic N) is 5. The molecule has 12 heteroatoms. The smallest absolute Gasteiger partial charge is 0.416 e. The van der Waals surface area contributed by atoms with Crippen molar-refractivity contribution in [1.29, 1.82) is 0 Å². The van der Waals surface area contributed by atoms with E-state index in [1.54, 1.807) is 23.7 Å². The zero-order valence-electron chi connectivity index (χ0n) is 16.5. The molecule has 0 aliphatic heterocycles. The molecule has 0 amide bonds.